The van der Waals surface area contributed by atoms with Crippen LogP contribution in [0.1, 0.15) is 0 Å². The van der Waals surface area contributed by atoms with Crippen LogP contribution in [-0.4, -0.2) is 72.3 Å². The summed E-state index contributed by atoms with van der Waals surface area (Å²) in [7, 11) is 8.74. The minimum absolute atomic E-state index is 0.125. The van der Waals surface area contributed by atoms with Crippen LogP contribution in [0, 0.1) is 0 Å². The van der Waals surface area contributed by atoms with Crippen molar-refractivity contribution < 1.29 is 24.1 Å². The van der Waals surface area contributed by atoms with E-state index in [-0.39, 0.29) is 13.2 Å². The van der Waals surface area contributed by atoms with Crippen molar-refractivity contribution in [2.75, 3.05) is 47.3 Å². The lowest BCUT2D eigenvalue weighted by Gasteiger charge is -2.20. The number of hydrogen-bond donors (Lipinski definition) is 1. The summed E-state index contributed by atoms with van der Waals surface area (Å²) in [5.74, 6) is 0. The Hall–Kier alpha value is -0.135. The molecule has 15 heavy (non-hydrogen) atoms. The second-order valence-electron chi connectivity index (χ2n) is 3.00. The zero-order chi connectivity index (χ0) is 11.5. The van der Waals surface area contributed by atoms with Crippen LogP contribution >= 0.6 is 0 Å². The molecule has 0 bridgehead atoms. The second-order valence-corrected chi connectivity index (χ2v) is 3.00. The molecule has 0 amide bonds. The first kappa shape index (κ1) is 14.9. The summed E-state index contributed by atoms with van der Waals surface area (Å²) in [6.45, 7) is 1.45. The van der Waals surface area contributed by atoms with E-state index in [4.69, 9.17) is 31.9 Å². The van der Waals surface area contributed by atoms with Crippen molar-refractivity contribution >= 4 is 7.85 Å². The lowest BCUT2D eigenvalue weighted by Crippen LogP contribution is -2.32. The van der Waals surface area contributed by atoms with Gasteiger partial charge < -0.3 is 24.1 Å². The summed E-state index contributed by atoms with van der Waals surface area (Å²) in [4.78, 5) is 0. The van der Waals surface area contributed by atoms with Crippen molar-refractivity contribution in [2.24, 2.45) is 0 Å². The molecule has 1 N–H and O–H groups in total. The van der Waals surface area contributed by atoms with E-state index in [2.05, 4.69) is 0 Å². The number of methoxy groups -OCH3 is 2. The van der Waals surface area contributed by atoms with Crippen LogP contribution in [0.25, 0.3) is 0 Å². The Bertz CT molecular complexity index is 136. The summed E-state index contributed by atoms with van der Waals surface area (Å²) in [6, 6.07) is -0.561. The van der Waals surface area contributed by atoms with Crippen molar-refractivity contribution in [3.8, 4) is 0 Å². The number of aliphatic hydroxyl groups excluding tert-OH is 1. The number of ether oxygens (including phenoxy) is 4. The summed E-state index contributed by atoms with van der Waals surface area (Å²) in [5, 5.41) is 8.89. The molecule has 0 heterocycles. The van der Waals surface area contributed by atoms with E-state index in [0.29, 0.717) is 19.8 Å². The molecule has 2 radical (unpaired) electrons. The maximum atomic E-state index is 8.89. The first-order chi connectivity index (χ1) is 7.24. The van der Waals surface area contributed by atoms with Crippen molar-refractivity contribution in [3.05, 3.63) is 0 Å². The third kappa shape index (κ3) is 8.83. The van der Waals surface area contributed by atoms with Gasteiger partial charge in [0.25, 0.3) is 0 Å². The highest BCUT2D eigenvalue weighted by Gasteiger charge is 2.11. The van der Waals surface area contributed by atoms with Crippen LogP contribution in [0.15, 0.2) is 0 Å². The molecule has 0 rings (SSSR count). The molecule has 0 aromatic heterocycles. The molecule has 0 aromatic rings. The monoisotopic (exact) mass is 218 g/mol. The van der Waals surface area contributed by atoms with E-state index in [1.807, 2.05) is 0 Å². The quantitative estimate of drug-likeness (QED) is 0.383. The number of hydrogen-bond acceptors (Lipinski definition) is 5. The lowest BCUT2D eigenvalue weighted by molar-refractivity contribution is -0.0698. The first-order valence-corrected chi connectivity index (χ1v) is 4.82. The van der Waals surface area contributed by atoms with Crippen LogP contribution in [0.3, 0.4) is 0 Å². The average molecular weight is 218 g/mol. The smallest absolute Gasteiger partial charge is 0.112 e. The van der Waals surface area contributed by atoms with Gasteiger partial charge in [-0.15, -0.1) is 0 Å². The summed E-state index contributed by atoms with van der Waals surface area (Å²) < 4.78 is 20.1. The Kier molecular flexibility index (Phi) is 10.3. The molecule has 88 valence electrons. The lowest BCUT2D eigenvalue weighted by atomic mass is 10.0. The van der Waals surface area contributed by atoms with E-state index in [1.165, 1.54) is 7.11 Å². The Morgan fingerprint density at radius 2 is 1.87 bits per heavy atom. The summed E-state index contributed by atoms with van der Waals surface area (Å²) in [5.41, 5.74) is 0. The summed E-state index contributed by atoms with van der Waals surface area (Å²) >= 11 is 0. The Morgan fingerprint density at radius 1 is 1.13 bits per heavy atom. The highest BCUT2D eigenvalue weighted by molar-refractivity contribution is 6.11. The SMILES string of the molecule is [B]C(COCCOC)O[C@@H](CO)COC. The summed E-state index contributed by atoms with van der Waals surface area (Å²) in [6.07, 6.45) is -0.406. The zero-order valence-corrected chi connectivity index (χ0v) is 9.35. The molecule has 0 aliphatic rings. The van der Waals surface area contributed by atoms with Gasteiger partial charge in [0.2, 0.25) is 0 Å². The molecule has 0 aromatic carbocycles. The molecule has 1 unspecified atom stereocenters. The first-order valence-electron chi connectivity index (χ1n) is 4.82. The third-order valence-corrected chi connectivity index (χ3v) is 1.64. The van der Waals surface area contributed by atoms with E-state index in [0.717, 1.165) is 0 Å². The van der Waals surface area contributed by atoms with E-state index in [9.17, 15) is 0 Å². The molecule has 0 fully saturated rings. The Balaban J connectivity index is 3.47. The van der Waals surface area contributed by atoms with Gasteiger partial charge in [-0.1, -0.05) is 0 Å². The van der Waals surface area contributed by atoms with Crippen LogP contribution in [0.5, 0.6) is 0 Å². The molecule has 0 spiro atoms. The van der Waals surface area contributed by atoms with Gasteiger partial charge in [0.05, 0.1) is 33.0 Å². The highest BCUT2D eigenvalue weighted by atomic mass is 16.6. The van der Waals surface area contributed by atoms with Crippen LogP contribution in [-0.2, 0) is 18.9 Å². The molecular formula is C9H19BO5. The van der Waals surface area contributed by atoms with Crippen molar-refractivity contribution in [1.29, 1.82) is 0 Å². The number of rotatable bonds is 10. The van der Waals surface area contributed by atoms with Crippen molar-refractivity contribution in [1.82, 2.24) is 0 Å². The third-order valence-electron chi connectivity index (χ3n) is 1.64. The Labute approximate surface area is 92.1 Å². The second kappa shape index (κ2) is 10.4. The van der Waals surface area contributed by atoms with Crippen LogP contribution < -0.4 is 0 Å². The largest absolute Gasteiger partial charge is 0.394 e. The standard InChI is InChI=1S/C9H19BO5/c1-12-3-4-14-7-9(10)15-8(5-11)6-13-2/h8-9,11H,3-7H2,1-2H3/t8-,9?/m0/s1. The number of aliphatic hydroxyl groups is 1. The van der Waals surface area contributed by atoms with Gasteiger partial charge in [-0.25, -0.2) is 0 Å². The fourth-order valence-electron chi connectivity index (χ4n) is 0.949. The predicted octanol–water partition coefficient (Wildman–Crippen LogP) is -0.832. The minimum atomic E-state index is -0.561. The van der Waals surface area contributed by atoms with Gasteiger partial charge >= 0.3 is 0 Å². The van der Waals surface area contributed by atoms with Gasteiger partial charge in [0.1, 0.15) is 14.0 Å². The fourth-order valence-corrected chi connectivity index (χ4v) is 0.949. The van der Waals surface area contributed by atoms with E-state index in [1.54, 1.807) is 7.11 Å². The molecule has 6 heteroatoms. The maximum absolute atomic E-state index is 8.89. The topological polar surface area (TPSA) is 57.2 Å². The normalized spacial score (nSPS) is 15.1. The van der Waals surface area contributed by atoms with Crippen molar-refractivity contribution in [3.63, 3.8) is 0 Å². The predicted molar refractivity (Wildman–Crippen MR) is 56.1 cm³/mol. The molecule has 2 atom stereocenters. The van der Waals surface area contributed by atoms with E-state index < -0.39 is 12.1 Å². The maximum Gasteiger partial charge on any atom is 0.112 e. The Morgan fingerprint density at radius 3 is 2.40 bits per heavy atom. The van der Waals surface area contributed by atoms with Gasteiger partial charge in [-0.05, 0) is 0 Å². The minimum Gasteiger partial charge on any atom is -0.394 e. The highest BCUT2D eigenvalue weighted by Crippen LogP contribution is 1.97. The van der Waals surface area contributed by atoms with E-state index >= 15 is 0 Å². The molecule has 0 aliphatic heterocycles. The molecular weight excluding hydrogens is 199 g/mol. The van der Waals surface area contributed by atoms with Crippen LogP contribution in [0.2, 0.25) is 0 Å². The van der Waals surface area contributed by atoms with Gasteiger partial charge in [0.15, 0.2) is 0 Å². The molecule has 5 nitrogen and oxygen atoms in total. The molecule has 0 saturated heterocycles. The van der Waals surface area contributed by atoms with Crippen molar-refractivity contribution in [2.45, 2.75) is 12.1 Å². The zero-order valence-electron chi connectivity index (χ0n) is 9.35. The van der Waals surface area contributed by atoms with Gasteiger partial charge in [-0.3, -0.25) is 0 Å². The van der Waals surface area contributed by atoms with Gasteiger partial charge in [0, 0.05) is 20.2 Å². The van der Waals surface area contributed by atoms with Crippen LogP contribution in [0.4, 0.5) is 0 Å². The molecule has 0 aliphatic carbocycles. The fraction of sp³-hybridized carbons (Fsp3) is 1.00. The average Bonchev–Trinajstić information content (AvgIpc) is 2.24. The van der Waals surface area contributed by atoms with Gasteiger partial charge in [-0.2, -0.15) is 0 Å². The molecule has 0 saturated carbocycles.